The van der Waals surface area contributed by atoms with Crippen molar-refractivity contribution in [3.63, 3.8) is 0 Å². The Hall–Kier alpha value is 1.22. The van der Waals surface area contributed by atoms with Crippen LogP contribution in [-0.4, -0.2) is 46.9 Å². The van der Waals surface area contributed by atoms with Crippen LogP contribution < -0.4 is 0 Å². The van der Waals surface area contributed by atoms with Gasteiger partial charge in [-0.25, -0.2) is 0 Å². The maximum atomic E-state index is 11.1. The van der Waals surface area contributed by atoms with Crippen LogP contribution in [0.2, 0.25) is 0 Å². The molecule has 0 saturated heterocycles. The van der Waals surface area contributed by atoms with Gasteiger partial charge in [0.25, 0.3) is 0 Å². The molecule has 0 aromatic heterocycles. The first-order valence-corrected chi connectivity index (χ1v) is 8.83. The van der Waals surface area contributed by atoms with E-state index in [4.69, 9.17) is 19.6 Å². The second-order valence-corrected chi connectivity index (χ2v) is 7.73. The van der Waals surface area contributed by atoms with E-state index >= 15 is 0 Å². The van der Waals surface area contributed by atoms with Gasteiger partial charge in [0.1, 0.15) is 0 Å². The average molecular weight is 496 g/mol. The van der Waals surface area contributed by atoms with Gasteiger partial charge in [-0.3, -0.25) is 9.13 Å². The molecule has 0 rings (SSSR count). The number of unbranched alkanes of at least 4 members (excludes halogenated alkanes) is 1. The molecule has 0 saturated carbocycles. The van der Waals surface area contributed by atoms with Gasteiger partial charge in [-0.2, -0.15) is 0 Å². The van der Waals surface area contributed by atoms with Gasteiger partial charge in [-0.15, -0.1) is 0 Å². The van der Waals surface area contributed by atoms with Crippen LogP contribution in [0.25, 0.3) is 0 Å². The van der Waals surface area contributed by atoms with Gasteiger partial charge in [0.05, 0.1) is 0 Å². The van der Waals surface area contributed by atoms with Gasteiger partial charge in [-0.1, -0.05) is 39.5 Å². The Kier molecular flexibility index (Phi) is 11.0. The average Bonchev–Trinajstić information content (AvgIpc) is 2.14. The predicted octanol–water partition coefficient (Wildman–Crippen LogP) is 1.52. The molecule has 4 N–H and O–H groups in total. The Balaban J connectivity index is 0. The van der Waals surface area contributed by atoms with Gasteiger partial charge in [0.15, 0.2) is 0 Å². The quantitative estimate of drug-likeness (QED) is 0.299. The third-order valence-electron chi connectivity index (χ3n) is 2.69. The molecule has 0 fully saturated rings. The predicted molar refractivity (Wildman–Crippen MR) is 73.8 cm³/mol. The van der Waals surface area contributed by atoms with Crippen molar-refractivity contribution < 1.29 is 28.7 Å². The SMILES string of the molecule is CCCCC(CC)C[C](P(=O)(O)O)P(=O)(O)O.[PbH2]. The second kappa shape index (κ2) is 9.21. The van der Waals surface area contributed by atoms with Gasteiger partial charge in [0.2, 0.25) is 5.40 Å². The van der Waals surface area contributed by atoms with Gasteiger partial charge >= 0.3 is 42.5 Å². The summed E-state index contributed by atoms with van der Waals surface area (Å²) in [6, 6.07) is 0. The molecule has 0 bridgehead atoms. The molecule has 0 aromatic carbocycles. The van der Waals surface area contributed by atoms with E-state index in [0.29, 0.717) is 6.42 Å². The molecule has 1 atom stereocenters. The van der Waals surface area contributed by atoms with Crippen molar-refractivity contribution in [3.05, 3.63) is 5.40 Å². The summed E-state index contributed by atoms with van der Waals surface area (Å²) < 4.78 is 22.1. The fraction of sp³-hybridized carbons (Fsp3) is 0.889. The molecule has 6 nitrogen and oxygen atoms in total. The van der Waals surface area contributed by atoms with Crippen molar-refractivity contribution >= 4 is 42.5 Å². The Bertz CT molecular complexity index is 290. The molecule has 18 heavy (non-hydrogen) atoms. The van der Waals surface area contributed by atoms with Crippen LogP contribution in [0.5, 0.6) is 0 Å². The maximum absolute atomic E-state index is 11.1. The molecule has 0 aromatic rings. The van der Waals surface area contributed by atoms with E-state index < -0.39 is 20.6 Å². The normalized spacial score (nSPS) is 14.4. The number of rotatable bonds is 8. The zero-order valence-electron chi connectivity index (χ0n) is 10.8. The number of hydrogen-bond donors (Lipinski definition) is 4. The van der Waals surface area contributed by atoms with Crippen molar-refractivity contribution in [2.24, 2.45) is 5.92 Å². The summed E-state index contributed by atoms with van der Waals surface area (Å²) in [6.07, 6.45) is 2.98. The zero-order chi connectivity index (χ0) is 13.7. The van der Waals surface area contributed by atoms with Crippen LogP contribution in [0.4, 0.5) is 0 Å². The summed E-state index contributed by atoms with van der Waals surface area (Å²) in [5, 5.41) is -0.923. The molecule has 0 aliphatic rings. The minimum atomic E-state index is -4.84. The molecule has 9 heteroatoms. The Labute approximate surface area is 128 Å². The van der Waals surface area contributed by atoms with Gasteiger partial charge < -0.3 is 19.6 Å². The Morgan fingerprint density at radius 2 is 1.50 bits per heavy atom. The molecular weight excluding hydrogens is 473 g/mol. The first kappa shape index (κ1) is 21.5. The van der Waals surface area contributed by atoms with E-state index in [9.17, 15) is 9.13 Å². The van der Waals surface area contributed by atoms with E-state index in [-0.39, 0.29) is 39.6 Å². The third kappa shape index (κ3) is 8.40. The van der Waals surface area contributed by atoms with Crippen LogP contribution >= 0.6 is 15.2 Å². The summed E-state index contributed by atoms with van der Waals surface area (Å²) in [5.74, 6) is -0.0924. The summed E-state index contributed by atoms with van der Waals surface area (Å²) in [7, 11) is -9.69. The molecule has 109 valence electrons. The van der Waals surface area contributed by atoms with Crippen molar-refractivity contribution in [1.82, 2.24) is 0 Å². The van der Waals surface area contributed by atoms with Crippen LogP contribution in [0.3, 0.4) is 0 Å². The second-order valence-electron chi connectivity index (χ2n) is 4.12. The van der Waals surface area contributed by atoms with E-state index in [1.807, 2.05) is 13.8 Å². The molecule has 0 aliphatic carbocycles. The monoisotopic (exact) mass is 497 g/mol. The van der Waals surface area contributed by atoms with Crippen molar-refractivity contribution in [1.29, 1.82) is 0 Å². The van der Waals surface area contributed by atoms with Crippen LogP contribution in [0, 0.1) is 11.3 Å². The third-order valence-corrected chi connectivity index (χ3v) is 5.96. The summed E-state index contributed by atoms with van der Waals surface area (Å²) in [4.78, 5) is 35.9. The van der Waals surface area contributed by atoms with Crippen LogP contribution in [-0.2, 0) is 9.13 Å². The molecule has 0 aliphatic heterocycles. The first-order chi connectivity index (χ1) is 7.62. The fourth-order valence-electron chi connectivity index (χ4n) is 1.61. The van der Waals surface area contributed by atoms with Crippen molar-refractivity contribution in [2.75, 3.05) is 0 Å². The van der Waals surface area contributed by atoms with E-state index in [2.05, 4.69) is 0 Å². The van der Waals surface area contributed by atoms with Crippen molar-refractivity contribution in [2.45, 2.75) is 46.0 Å². The molecule has 1 unspecified atom stereocenters. The van der Waals surface area contributed by atoms with Crippen molar-refractivity contribution in [3.8, 4) is 0 Å². The topological polar surface area (TPSA) is 115 Å². The van der Waals surface area contributed by atoms with Crippen LogP contribution in [0.1, 0.15) is 46.0 Å². The zero-order valence-corrected chi connectivity index (χ0v) is 18.1. The molecule has 0 amide bonds. The van der Waals surface area contributed by atoms with E-state index in [0.717, 1.165) is 19.3 Å². The fourth-order valence-corrected chi connectivity index (χ4v) is 3.96. The Morgan fingerprint density at radius 3 is 1.78 bits per heavy atom. The number of hydrogen-bond acceptors (Lipinski definition) is 2. The molecular formula is C9H23O6P2Pb. The summed E-state index contributed by atoms with van der Waals surface area (Å²) in [5.41, 5.74) is 0. The minimum absolute atomic E-state index is 0. The summed E-state index contributed by atoms with van der Waals surface area (Å²) in [6.45, 7) is 3.83. The Morgan fingerprint density at radius 1 is 1.06 bits per heavy atom. The standard InChI is InChI=1S/C9H21O6P2.Pb.2H/c1-3-5-6-8(4-2)7-9(16(10,11)12)17(13,14)15;;;/h8H,3-7H2,1-2H3,(H2,10,11,12)(H2,13,14,15);;;. The van der Waals surface area contributed by atoms with Gasteiger partial charge in [0, 0.05) is 0 Å². The molecule has 3 radical (unpaired) electrons. The van der Waals surface area contributed by atoms with E-state index in [1.165, 1.54) is 0 Å². The first-order valence-electron chi connectivity index (χ1n) is 5.60. The van der Waals surface area contributed by atoms with E-state index in [1.54, 1.807) is 0 Å². The van der Waals surface area contributed by atoms with Crippen LogP contribution in [0.15, 0.2) is 0 Å². The summed E-state index contributed by atoms with van der Waals surface area (Å²) >= 11 is 0. The molecule has 0 spiro atoms. The molecule has 0 heterocycles. The van der Waals surface area contributed by atoms with Gasteiger partial charge in [-0.05, 0) is 12.3 Å².